The SMILES string of the molecule is COC(=O)c1ccccc1SCC(O)(c1cncs1)C(C)(C)C. The molecule has 4 nitrogen and oxygen atoms in total. The molecule has 1 aromatic heterocycles. The van der Waals surface area contributed by atoms with E-state index in [2.05, 4.69) is 4.98 Å². The Morgan fingerprint density at radius 2 is 2.04 bits per heavy atom. The van der Waals surface area contributed by atoms with Gasteiger partial charge in [-0.3, -0.25) is 4.98 Å². The molecule has 1 atom stereocenters. The predicted octanol–water partition coefficient (Wildman–Crippen LogP) is 3.96. The lowest BCUT2D eigenvalue weighted by Crippen LogP contribution is -2.41. The fraction of sp³-hybridized carbons (Fsp3) is 0.412. The van der Waals surface area contributed by atoms with Gasteiger partial charge in [0, 0.05) is 16.8 Å². The van der Waals surface area contributed by atoms with Crippen molar-refractivity contribution in [1.29, 1.82) is 0 Å². The number of hydrogen-bond donors (Lipinski definition) is 1. The minimum absolute atomic E-state index is 0.368. The minimum atomic E-state index is -1.04. The molecule has 0 saturated heterocycles. The molecule has 124 valence electrons. The van der Waals surface area contributed by atoms with Crippen LogP contribution in [0.5, 0.6) is 0 Å². The molecule has 2 rings (SSSR count). The van der Waals surface area contributed by atoms with Crippen molar-refractivity contribution >= 4 is 29.1 Å². The van der Waals surface area contributed by atoms with Crippen LogP contribution in [0.1, 0.15) is 36.0 Å². The van der Waals surface area contributed by atoms with Crippen molar-refractivity contribution in [1.82, 2.24) is 4.98 Å². The molecule has 1 aromatic carbocycles. The van der Waals surface area contributed by atoms with Gasteiger partial charge in [-0.1, -0.05) is 32.9 Å². The van der Waals surface area contributed by atoms with E-state index < -0.39 is 5.60 Å². The maximum Gasteiger partial charge on any atom is 0.338 e. The summed E-state index contributed by atoms with van der Waals surface area (Å²) < 4.78 is 4.83. The minimum Gasteiger partial charge on any atom is -0.465 e. The fourth-order valence-electron chi connectivity index (χ4n) is 2.13. The first-order valence-corrected chi connectivity index (χ1v) is 9.07. The maximum atomic E-state index is 11.9. The summed E-state index contributed by atoms with van der Waals surface area (Å²) in [6.45, 7) is 6.00. The molecule has 0 aliphatic carbocycles. The van der Waals surface area contributed by atoms with Gasteiger partial charge in [-0.25, -0.2) is 4.79 Å². The zero-order valence-electron chi connectivity index (χ0n) is 13.7. The number of aliphatic hydroxyl groups is 1. The molecule has 1 heterocycles. The first kappa shape index (κ1) is 18.0. The molecular weight excluding hydrogens is 330 g/mol. The highest BCUT2D eigenvalue weighted by atomic mass is 32.2. The van der Waals surface area contributed by atoms with Crippen LogP contribution >= 0.6 is 23.1 Å². The lowest BCUT2D eigenvalue weighted by molar-refractivity contribution is -0.0392. The van der Waals surface area contributed by atoms with Gasteiger partial charge in [0.15, 0.2) is 0 Å². The van der Waals surface area contributed by atoms with Gasteiger partial charge >= 0.3 is 5.97 Å². The number of thioether (sulfide) groups is 1. The summed E-state index contributed by atoms with van der Waals surface area (Å²) in [4.78, 5) is 17.6. The van der Waals surface area contributed by atoms with Gasteiger partial charge in [-0.15, -0.1) is 23.1 Å². The Morgan fingerprint density at radius 3 is 2.61 bits per heavy atom. The quantitative estimate of drug-likeness (QED) is 0.653. The molecule has 6 heteroatoms. The number of rotatable bonds is 5. The van der Waals surface area contributed by atoms with Crippen molar-refractivity contribution in [2.45, 2.75) is 31.3 Å². The first-order valence-electron chi connectivity index (χ1n) is 7.21. The number of nitrogens with zero attached hydrogens (tertiary/aromatic N) is 1. The van der Waals surface area contributed by atoms with Crippen LogP contribution in [0.4, 0.5) is 0 Å². The Balaban J connectivity index is 2.29. The van der Waals surface area contributed by atoms with Crippen LogP contribution in [-0.2, 0) is 10.3 Å². The van der Waals surface area contributed by atoms with E-state index in [1.807, 2.05) is 32.9 Å². The van der Waals surface area contributed by atoms with E-state index in [4.69, 9.17) is 4.74 Å². The van der Waals surface area contributed by atoms with E-state index >= 15 is 0 Å². The second kappa shape index (κ2) is 7.03. The fourth-order valence-corrected chi connectivity index (χ4v) is 4.59. The number of carbonyl (C=O) groups is 1. The summed E-state index contributed by atoms with van der Waals surface area (Å²) in [5.41, 5.74) is 0.828. The molecule has 0 spiro atoms. The number of esters is 1. The zero-order chi connectivity index (χ0) is 17.1. The van der Waals surface area contributed by atoms with E-state index in [0.29, 0.717) is 11.3 Å². The van der Waals surface area contributed by atoms with Crippen molar-refractivity contribution in [3.63, 3.8) is 0 Å². The molecule has 0 saturated carbocycles. The Labute approximate surface area is 144 Å². The van der Waals surface area contributed by atoms with Crippen LogP contribution in [0.15, 0.2) is 40.9 Å². The zero-order valence-corrected chi connectivity index (χ0v) is 15.3. The van der Waals surface area contributed by atoms with Crippen molar-refractivity contribution in [3.8, 4) is 0 Å². The first-order chi connectivity index (χ1) is 10.8. The van der Waals surface area contributed by atoms with Gasteiger partial charge in [0.1, 0.15) is 5.60 Å². The molecule has 0 aliphatic heterocycles. The average molecular weight is 351 g/mol. The van der Waals surface area contributed by atoms with Gasteiger partial charge in [0.05, 0.1) is 23.1 Å². The molecule has 1 unspecified atom stereocenters. The predicted molar refractivity (Wildman–Crippen MR) is 94.0 cm³/mol. The molecule has 0 amide bonds. The van der Waals surface area contributed by atoms with Crippen LogP contribution in [0.2, 0.25) is 0 Å². The molecular formula is C17H21NO3S2. The molecule has 0 aliphatic rings. The van der Waals surface area contributed by atoms with Crippen LogP contribution < -0.4 is 0 Å². The number of ether oxygens (including phenoxy) is 1. The number of benzene rings is 1. The van der Waals surface area contributed by atoms with Gasteiger partial charge in [0.2, 0.25) is 0 Å². The summed E-state index contributed by atoms with van der Waals surface area (Å²) in [7, 11) is 1.37. The van der Waals surface area contributed by atoms with Crippen molar-refractivity contribution in [2.24, 2.45) is 5.41 Å². The number of thiazole rings is 1. The van der Waals surface area contributed by atoms with Crippen LogP contribution in [-0.4, -0.2) is 28.9 Å². The van der Waals surface area contributed by atoms with E-state index in [1.54, 1.807) is 23.8 Å². The smallest absolute Gasteiger partial charge is 0.338 e. The molecule has 23 heavy (non-hydrogen) atoms. The summed E-state index contributed by atoms with van der Waals surface area (Å²) in [5.74, 6) is 0.0531. The van der Waals surface area contributed by atoms with Gasteiger partial charge in [0.25, 0.3) is 0 Å². The summed E-state index contributed by atoms with van der Waals surface area (Å²) in [5, 5.41) is 11.3. The largest absolute Gasteiger partial charge is 0.465 e. The van der Waals surface area contributed by atoms with Crippen molar-refractivity contribution < 1.29 is 14.6 Å². The third-order valence-electron chi connectivity index (χ3n) is 3.81. The van der Waals surface area contributed by atoms with Gasteiger partial charge < -0.3 is 9.84 Å². The highest BCUT2D eigenvalue weighted by molar-refractivity contribution is 7.99. The highest BCUT2D eigenvalue weighted by Gasteiger charge is 2.43. The second-order valence-electron chi connectivity index (χ2n) is 6.25. The third kappa shape index (κ3) is 3.76. The Hall–Kier alpha value is -1.37. The lowest BCUT2D eigenvalue weighted by Gasteiger charge is -2.39. The molecule has 0 fully saturated rings. The van der Waals surface area contributed by atoms with Gasteiger partial charge in [-0.2, -0.15) is 0 Å². The van der Waals surface area contributed by atoms with E-state index in [0.717, 1.165) is 9.77 Å². The summed E-state index contributed by atoms with van der Waals surface area (Å²) >= 11 is 2.89. The summed E-state index contributed by atoms with van der Waals surface area (Å²) in [6.07, 6.45) is 1.71. The highest BCUT2D eigenvalue weighted by Crippen LogP contribution is 2.44. The standard InChI is InChI=1S/C17H21NO3S2/c1-16(2,3)17(20,14-9-18-11-23-14)10-22-13-8-6-5-7-12(13)15(19)21-4/h5-9,11,20H,10H2,1-4H3. The van der Waals surface area contributed by atoms with Crippen molar-refractivity contribution in [2.75, 3.05) is 12.9 Å². The average Bonchev–Trinajstić information content (AvgIpc) is 3.06. The Kier molecular flexibility index (Phi) is 5.49. The topological polar surface area (TPSA) is 59.4 Å². The van der Waals surface area contributed by atoms with E-state index in [9.17, 15) is 9.90 Å². The third-order valence-corrected chi connectivity index (χ3v) is 5.96. The number of methoxy groups -OCH3 is 1. The van der Waals surface area contributed by atoms with Crippen LogP contribution in [0.25, 0.3) is 0 Å². The maximum absolute atomic E-state index is 11.9. The molecule has 2 aromatic rings. The van der Waals surface area contributed by atoms with E-state index in [-0.39, 0.29) is 11.4 Å². The summed E-state index contributed by atoms with van der Waals surface area (Å²) in [6, 6.07) is 7.27. The van der Waals surface area contributed by atoms with Crippen molar-refractivity contribution in [3.05, 3.63) is 46.4 Å². The Bertz CT molecular complexity index is 665. The monoisotopic (exact) mass is 351 g/mol. The second-order valence-corrected chi connectivity index (χ2v) is 8.16. The van der Waals surface area contributed by atoms with Crippen LogP contribution in [0, 0.1) is 5.41 Å². The number of carbonyl (C=O) groups excluding carboxylic acids is 1. The Morgan fingerprint density at radius 1 is 1.35 bits per heavy atom. The van der Waals surface area contributed by atoms with E-state index in [1.165, 1.54) is 30.2 Å². The normalized spacial score (nSPS) is 14.3. The van der Waals surface area contributed by atoms with Gasteiger partial charge in [-0.05, 0) is 17.5 Å². The van der Waals surface area contributed by atoms with Crippen LogP contribution in [0.3, 0.4) is 0 Å². The molecule has 1 N–H and O–H groups in total. The molecule has 0 bridgehead atoms. The lowest BCUT2D eigenvalue weighted by atomic mass is 9.77. The number of hydrogen-bond acceptors (Lipinski definition) is 6. The number of aromatic nitrogens is 1. The molecule has 0 radical (unpaired) electrons.